The first-order valence-electron chi connectivity index (χ1n) is 18.6. The molecule has 0 amide bonds. The summed E-state index contributed by atoms with van der Waals surface area (Å²) in [5.74, 6) is 3.80. The zero-order valence-electron chi connectivity index (χ0n) is 29.4. The minimum atomic E-state index is -0.492. The molecule has 2 aliphatic carbocycles. The van der Waals surface area contributed by atoms with Crippen molar-refractivity contribution in [3.63, 3.8) is 0 Å². The third kappa shape index (κ3) is 4.60. The van der Waals surface area contributed by atoms with Gasteiger partial charge in [-0.2, -0.15) is 0 Å². The molecule has 11 rings (SSSR count). The van der Waals surface area contributed by atoms with E-state index in [1.807, 2.05) is 18.2 Å². The summed E-state index contributed by atoms with van der Waals surface area (Å²) in [7, 11) is 0. The van der Waals surface area contributed by atoms with Gasteiger partial charge in [-0.05, 0) is 75.2 Å². The molecule has 0 bridgehead atoms. The smallest absolute Gasteiger partial charge is 0.164 e. The number of rotatable bonds is 4. The number of para-hydroxylation sites is 2. The maximum atomic E-state index is 6.59. The molecule has 0 atom stereocenters. The van der Waals surface area contributed by atoms with Crippen LogP contribution in [0.4, 0.5) is 0 Å². The summed E-state index contributed by atoms with van der Waals surface area (Å²) in [5.41, 5.74) is 12.2. The largest absolute Gasteiger partial charge is 0.457 e. The Balaban J connectivity index is 1.09. The SMILES string of the molecule is C1=C(c2nc(-c3ccccc3)nc(-c3ccc(-c4ccc5ccccc5c4)cc3)n2)C2=C(CC1)C1(c3ccccc3Oc3ccccc31)c1ccccc12. The van der Waals surface area contributed by atoms with Crippen molar-refractivity contribution in [2.75, 3.05) is 0 Å². The average molecular weight is 692 g/mol. The Labute approximate surface area is 313 Å². The Morgan fingerprint density at radius 2 is 1.00 bits per heavy atom. The number of fused-ring (bicyclic) bond motifs is 9. The zero-order chi connectivity index (χ0) is 35.6. The number of allylic oxidation sites excluding steroid dienone is 4. The first kappa shape index (κ1) is 30.7. The Bertz CT molecular complexity index is 2810. The fourth-order valence-electron chi connectivity index (χ4n) is 8.96. The van der Waals surface area contributed by atoms with Crippen LogP contribution in [0.5, 0.6) is 11.5 Å². The Morgan fingerprint density at radius 3 is 1.74 bits per heavy atom. The van der Waals surface area contributed by atoms with E-state index in [0.717, 1.165) is 46.6 Å². The molecule has 4 heteroatoms. The average Bonchev–Trinajstić information content (AvgIpc) is 3.54. The minimum absolute atomic E-state index is 0.492. The quantitative estimate of drug-likeness (QED) is 0.184. The van der Waals surface area contributed by atoms with E-state index < -0.39 is 5.41 Å². The topological polar surface area (TPSA) is 47.9 Å². The van der Waals surface area contributed by atoms with E-state index in [0.29, 0.717) is 17.5 Å². The zero-order valence-corrected chi connectivity index (χ0v) is 29.4. The highest BCUT2D eigenvalue weighted by Crippen LogP contribution is 2.64. The highest BCUT2D eigenvalue weighted by molar-refractivity contribution is 6.11. The van der Waals surface area contributed by atoms with Gasteiger partial charge >= 0.3 is 0 Å². The van der Waals surface area contributed by atoms with E-state index in [1.165, 1.54) is 49.7 Å². The molecule has 2 heterocycles. The summed E-state index contributed by atoms with van der Waals surface area (Å²) >= 11 is 0. The van der Waals surface area contributed by atoms with E-state index in [4.69, 9.17) is 19.7 Å². The second-order valence-electron chi connectivity index (χ2n) is 14.2. The van der Waals surface area contributed by atoms with E-state index in [9.17, 15) is 0 Å². The van der Waals surface area contributed by atoms with Gasteiger partial charge in [-0.3, -0.25) is 0 Å². The molecule has 0 radical (unpaired) electrons. The minimum Gasteiger partial charge on any atom is -0.457 e. The summed E-state index contributed by atoms with van der Waals surface area (Å²) in [5, 5.41) is 2.46. The molecular weight excluding hydrogens is 659 g/mol. The van der Waals surface area contributed by atoms with Crippen LogP contribution in [0.15, 0.2) is 182 Å². The van der Waals surface area contributed by atoms with Crippen LogP contribution in [-0.2, 0) is 5.41 Å². The van der Waals surface area contributed by atoms with Crippen LogP contribution in [0.1, 0.15) is 40.9 Å². The molecule has 0 fully saturated rings. The van der Waals surface area contributed by atoms with Crippen molar-refractivity contribution in [3.05, 3.63) is 210 Å². The first-order valence-corrected chi connectivity index (χ1v) is 18.6. The summed E-state index contributed by atoms with van der Waals surface area (Å²) < 4.78 is 6.59. The predicted octanol–water partition coefficient (Wildman–Crippen LogP) is 12.1. The summed E-state index contributed by atoms with van der Waals surface area (Å²) in [4.78, 5) is 15.7. The van der Waals surface area contributed by atoms with Crippen molar-refractivity contribution in [2.45, 2.75) is 18.3 Å². The van der Waals surface area contributed by atoms with Gasteiger partial charge < -0.3 is 4.74 Å². The number of hydrogen-bond acceptors (Lipinski definition) is 4. The van der Waals surface area contributed by atoms with Gasteiger partial charge in [-0.1, -0.05) is 158 Å². The lowest BCUT2D eigenvalue weighted by Gasteiger charge is -2.41. The molecule has 8 aromatic rings. The van der Waals surface area contributed by atoms with Crippen molar-refractivity contribution < 1.29 is 4.74 Å². The van der Waals surface area contributed by atoms with Gasteiger partial charge in [-0.15, -0.1) is 0 Å². The summed E-state index contributed by atoms with van der Waals surface area (Å²) in [6.45, 7) is 0. The molecule has 4 nitrogen and oxygen atoms in total. The van der Waals surface area contributed by atoms with Crippen LogP contribution in [0.25, 0.3) is 55.8 Å². The molecule has 3 aliphatic rings. The number of hydrogen-bond donors (Lipinski definition) is 0. The fourth-order valence-corrected chi connectivity index (χ4v) is 8.96. The van der Waals surface area contributed by atoms with Crippen LogP contribution in [0, 0.1) is 0 Å². The predicted molar refractivity (Wildman–Crippen MR) is 217 cm³/mol. The van der Waals surface area contributed by atoms with Gasteiger partial charge in [0.1, 0.15) is 11.5 Å². The standard InChI is InChI=1S/C50H33N3O/c1-2-14-34(15-3-1)47-51-48(35-28-25-33(26-29-35)37-30-27-32-13-4-5-16-36(32)31-37)53-49(52-47)39-18-12-22-43-46(39)38-17-6-7-19-40(38)50(43)41-20-8-10-23-44(41)54-45-24-11-9-21-42(45)50/h1-11,13-21,23-31H,12,22H2. The van der Waals surface area contributed by atoms with E-state index in [-0.39, 0.29) is 0 Å². The van der Waals surface area contributed by atoms with Gasteiger partial charge in [0.2, 0.25) is 0 Å². The Morgan fingerprint density at radius 1 is 0.444 bits per heavy atom. The van der Waals surface area contributed by atoms with Crippen LogP contribution in [-0.4, -0.2) is 15.0 Å². The lowest BCUT2D eigenvalue weighted by atomic mass is 9.64. The lowest BCUT2D eigenvalue weighted by molar-refractivity contribution is 0.432. The molecule has 0 N–H and O–H groups in total. The fraction of sp³-hybridized carbons (Fsp3) is 0.0600. The van der Waals surface area contributed by atoms with Gasteiger partial charge in [0.15, 0.2) is 17.5 Å². The van der Waals surface area contributed by atoms with Crippen molar-refractivity contribution in [1.82, 2.24) is 15.0 Å². The monoisotopic (exact) mass is 691 g/mol. The van der Waals surface area contributed by atoms with Crippen LogP contribution in [0.3, 0.4) is 0 Å². The van der Waals surface area contributed by atoms with Gasteiger partial charge in [-0.25, -0.2) is 15.0 Å². The highest BCUT2D eigenvalue weighted by atomic mass is 16.5. The Kier molecular flexibility index (Phi) is 6.86. The lowest BCUT2D eigenvalue weighted by Crippen LogP contribution is -2.33. The van der Waals surface area contributed by atoms with E-state index >= 15 is 0 Å². The third-order valence-corrected chi connectivity index (χ3v) is 11.3. The van der Waals surface area contributed by atoms with E-state index in [1.54, 1.807) is 0 Å². The molecule has 254 valence electrons. The van der Waals surface area contributed by atoms with Crippen LogP contribution < -0.4 is 4.74 Å². The van der Waals surface area contributed by atoms with Gasteiger partial charge in [0.05, 0.1) is 5.41 Å². The van der Waals surface area contributed by atoms with Crippen molar-refractivity contribution in [1.29, 1.82) is 0 Å². The molecule has 7 aromatic carbocycles. The molecule has 0 saturated heterocycles. The van der Waals surface area contributed by atoms with Gasteiger partial charge in [0.25, 0.3) is 0 Å². The molecule has 1 spiro atoms. The highest BCUT2D eigenvalue weighted by Gasteiger charge is 2.53. The number of nitrogens with zero attached hydrogens (tertiary/aromatic N) is 3. The molecule has 1 aromatic heterocycles. The summed E-state index contributed by atoms with van der Waals surface area (Å²) in [6.07, 6.45) is 4.12. The van der Waals surface area contributed by atoms with Gasteiger partial charge in [0, 0.05) is 27.8 Å². The van der Waals surface area contributed by atoms with Crippen molar-refractivity contribution in [2.24, 2.45) is 0 Å². The Hall–Kier alpha value is -6.91. The molecule has 1 aliphatic heterocycles. The summed E-state index contributed by atoms with van der Waals surface area (Å²) in [6, 6.07) is 59.9. The maximum absolute atomic E-state index is 6.59. The molecule has 0 unspecified atom stereocenters. The maximum Gasteiger partial charge on any atom is 0.164 e. The first-order chi connectivity index (χ1) is 26.8. The molecular formula is C50H33N3O. The van der Waals surface area contributed by atoms with Crippen LogP contribution >= 0.6 is 0 Å². The number of ether oxygens (including phenoxy) is 1. The normalized spacial score (nSPS) is 14.9. The third-order valence-electron chi connectivity index (χ3n) is 11.3. The van der Waals surface area contributed by atoms with Crippen molar-refractivity contribution in [3.8, 4) is 45.4 Å². The second kappa shape index (κ2) is 12.1. The molecule has 54 heavy (non-hydrogen) atoms. The number of aromatic nitrogens is 3. The second-order valence-corrected chi connectivity index (χ2v) is 14.2. The van der Waals surface area contributed by atoms with Crippen LogP contribution in [0.2, 0.25) is 0 Å². The van der Waals surface area contributed by atoms with Crippen molar-refractivity contribution >= 4 is 21.9 Å². The van der Waals surface area contributed by atoms with E-state index in [2.05, 4.69) is 158 Å². The molecule has 0 saturated carbocycles. The number of benzene rings is 7.